The van der Waals surface area contributed by atoms with Crippen LogP contribution in [0.5, 0.6) is 0 Å². The monoisotopic (exact) mass is 317 g/mol. The van der Waals surface area contributed by atoms with Crippen molar-refractivity contribution in [2.24, 2.45) is 0 Å². The van der Waals surface area contributed by atoms with E-state index in [4.69, 9.17) is 0 Å². The van der Waals surface area contributed by atoms with E-state index < -0.39 is 0 Å². The summed E-state index contributed by atoms with van der Waals surface area (Å²) in [5, 5.41) is 1.95. The number of likely N-dealkylation sites (tertiary alicyclic amines) is 1. The van der Waals surface area contributed by atoms with E-state index in [0.717, 1.165) is 36.1 Å². The molecule has 1 aliphatic heterocycles. The third kappa shape index (κ3) is 3.22. The molecule has 0 aliphatic carbocycles. The number of benzene rings is 1. The predicted octanol–water partition coefficient (Wildman–Crippen LogP) is 4.51. The zero-order chi connectivity index (χ0) is 15.5. The maximum absolute atomic E-state index is 13.0. The molecule has 0 unspecified atom stereocenters. The Morgan fingerprint density at radius 3 is 2.73 bits per heavy atom. The summed E-state index contributed by atoms with van der Waals surface area (Å²) in [6, 6.07) is 11.1. The van der Waals surface area contributed by atoms with Crippen LogP contribution in [0.25, 0.3) is 0 Å². The van der Waals surface area contributed by atoms with Crippen LogP contribution in [0, 0.1) is 5.82 Å². The van der Waals surface area contributed by atoms with Crippen molar-refractivity contribution in [3.05, 3.63) is 58.0 Å². The van der Waals surface area contributed by atoms with Gasteiger partial charge in [-0.3, -0.25) is 4.79 Å². The molecule has 22 heavy (non-hydrogen) atoms. The lowest BCUT2D eigenvalue weighted by Gasteiger charge is -2.28. The van der Waals surface area contributed by atoms with Crippen molar-refractivity contribution in [1.82, 2.24) is 4.90 Å². The molecule has 0 N–H and O–H groups in total. The topological polar surface area (TPSA) is 20.3 Å². The van der Waals surface area contributed by atoms with Crippen molar-refractivity contribution in [3.8, 4) is 0 Å². The van der Waals surface area contributed by atoms with Crippen molar-refractivity contribution >= 4 is 17.2 Å². The molecule has 0 radical (unpaired) electrons. The minimum Gasteiger partial charge on any atom is -0.332 e. The minimum atomic E-state index is -0.201. The van der Waals surface area contributed by atoms with Crippen LogP contribution < -0.4 is 0 Å². The number of carbonyl (C=O) groups is 1. The standard InChI is InChI=1S/C18H20FNOS/c1-13-4-10-16(11-7-14-5-8-15(19)9-6-14)20(13)18(21)17-3-2-12-22-17/h2-3,5-6,8-9,12-13,16H,4,7,10-11H2,1H3/t13-,16-/m1/s1. The van der Waals surface area contributed by atoms with Gasteiger partial charge in [0.15, 0.2) is 0 Å². The molecule has 2 nitrogen and oxygen atoms in total. The summed E-state index contributed by atoms with van der Waals surface area (Å²) >= 11 is 1.51. The predicted molar refractivity (Wildman–Crippen MR) is 87.7 cm³/mol. The van der Waals surface area contributed by atoms with E-state index in [9.17, 15) is 9.18 Å². The van der Waals surface area contributed by atoms with Crippen LogP contribution in [0.1, 0.15) is 41.4 Å². The number of rotatable bonds is 4. The van der Waals surface area contributed by atoms with Gasteiger partial charge < -0.3 is 4.90 Å². The molecule has 1 aliphatic rings. The van der Waals surface area contributed by atoms with Crippen molar-refractivity contribution in [2.75, 3.05) is 0 Å². The van der Waals surface area contributed by atoms with E-state index in [0.29, 0.717) is 6.04 Å². The van der Waals surface area contributed by atoms with E-state index in [1.54, 1.807) is 0 Å². The average Bonchev–Trinajstić information content (AvgIpc) is 3.16. The Bertz CT molecular complexity index is 623. The highest BCUT2D eigenvalue weighted by molar-refractivity contribution is 7.12. The second-order valence-corrected chi connectivity index (χ2v) is 6.88. The third-order valence-corrected chi connectivity index (χ3v) is 5.29. The Hall–Kier alpha value is -1.68. The number of nitrogens with zero attached hydrogens (tertiary/aromatic N) is 1. The molecule has 1 saturated heterocycles. The van der Waals surface area contributed by atoms with Gasteiger partial charge in [0.05, 0.1) is 4.88 Å². The third-order valence-electron chi connectivity index (χ3n) is 4.43. The van der Waals surface area contributed by atoms with Gasteiger partial charge in [-0.1, -0.05) is 18.2 Å². The highest BCUT2D eigenvalue weighted by atomic mass is 32.1. The normalized spacial score (nSPS) is 21.3. The number of hydrogen-bond donors (Lipinski definition) is 0. The molecule has 2 aromatic rings. The number of halogens is 1. The molecule has 2 heterocycles. The maximum Gasteiger partial charge on any atom is 0.264 e. The molecule has 116 valence electrons. The molecule has 2 atom stereocenters. The van der Waals surface area contributed by atoms with E-state index in [-0.39, 0.29) is 17.8 Å². The Labute approximate surface area is 134 Å². The van der Waals surface area contributed by atoms with Crippen LogP contribution in [0.2, 0.25) is 0 Å². The number of amides is 1. The highest BCUT2D eigenvalue weighted by Crippen LogP contribution is 2.30. The lowest BCUT2D eigenvalue weighted by molar-refractivity contribution is 0.0678. The first kappa shape index (κ1) is 15.2. The summed E-state index contributed by atoms with van der Waals surface area (Å²) in [5.74, 6) is -0.0446. The zero-order valence-corrected chi connectivity index (χ0v) is 13.5. The van der Waals surface area contributed by atoms with Crippen LogP contribution in [0.3, 0.4) is 0 Å². The first-order chi connectivity index (χ1) is 10.6. The summed E-state index contributed by atoms with van der Waals surface area (Å²) < 4.78 is 13.0. The second-order valence-electron chi connectivity index (χ2n) is 5.94. The van der Waals surface area contributed by atoms with Crippen molar-refractivity contribution < 1.29 is 9.18 Å². The fourth-order valence-electron chi connectivity index (χ4n) is 3.23. The quantitative estimate of drug-likeness (QED) is 0.812. The van der Waals surface area contributed by atoms with Crippen LogP contribution in [0.15, 0.2) is 41.8 Å². The fourth-order valence-corrected chi connectivity index (χ4v) is 3.90. The Morgan fingerprint density at radius 2 is 2.05 bits per heavy atom. The first-order valence-electron chi connectivity index (χ1n) is 7.76. The highest BCUT2D eigenvalue weighted by Gasteiger charge is 2.34. The minimum absolute atomic E-state index is 0.157. The average molecular weight is 317 g/mol. The second kappa shape index (κ2) is 6.61. The zero-order valence-electron chi connectivity index (χ0n) is 12.7. The van der Waals surface area contributed by atoms with Gasteiger partial charge in [0, 0.05) is 12.1 Å². The van der Waals surface area contributed by atoms with E-state index in [1.807, 2.05) is 29.6 Å². The van der Waals surface area contributed by atoms with Gasteiger partial charge in [0.25, 0.3) is 5.91 Å². The summed E-state index contributed by atoms with van der Waals surface area (Å²) in [6.07, 6.45) is 3.93. The summed E-state index contributed by atoms with van der Waals surface area (Å²) in [4.78, 5) is 15.5. The number of thiophene rings is 1. The molecular weight excluding hydrogens is 297 g/mol. The fraction of sp³-hybridized carbons (Fsp3) is 0.389. The van der Waals surface area contributed by atoms with Crippen molar-refractivity contribution in [1.29, 1.82) is 0 Å². The van der Waals surface area contributed by atoms with Crippen molar-refractivity contribution in [3.63, 3.8) is 0 Å². The van der Waals surface area contributed by atoms with Gasteiger partial charge >= 0.3 is 0 Å². The SMILES string of the molecule is C[C@@H]1CC[C@H](CCc2ccc(F)cc2)N1C(=O)c1cccs1. The molecule has 1 aromatic heterocycles. The summed E-state index contributed by atoms with van der Waals surface area (Å²) in [5.41, 5.74) is 1.13. The van der Waals surface area contributed by atoms with Gasteiger partial charge in [0.2, 0.25) is 0 Å². The smallest absolute Gasteiger partial charge is 0.264 e. The number of carbonyl (C=O) groups excluding carboxylic acids is 1. The van der Waals surface area contributed by atoms with Gasteiger partial charge in [-0.05, 0) is 61.7 Å². The Kier molecular flexibility index (Phi) is 4.57. The van der Waals surface area contributed by atoms with Crippen LogP contribution in [0.4, 0.5) is 4.39 Å². The van der Waals surface area contributed by atoms with Gasteiger partial charge in [-0.25, -0.2) is 4.39 Å². The van der Waals surface area contributed by atoms with Crippen LogP contribution in [-0.4, -0.2) is 22.9 Å². The Balaban J connectivity index is 1.67. The molecule has 1 aromatic carbocycles. The molecule has 0 bridgehead atoms. The molecular formula is C18H20FNOS. The van der Waals surface area contributed by atoms with Gasteiger partial charge in [-0.2, -0.15) is 0 Å². The lowest BCUT2D eigenvalue weighted by atomic mass is 10.0. The van der Waals surface area contributed by atoms with Gasteiger partial charge in [-0.15, -0.1) is 11.3 Å². The maximum atomic E-state index is 13.0. The molecule has 1 amide bonds. The van der Waals surface area contributed by atoms with Crippen LogP contribution in [-0.2, 0) is 6.42 Å². The van der Waals surface area contributed by atoms with E-state index >= 15 is 0 Å². The summed E-state index contributed by atoms with van der Waals surface area (Å²) in [6.45, 7) is 2.13. The molecule has 3 rings (SSSR count). The largest absolute Gasteiger partial charge is 0.332 e. The van der Waals surface area contributed by atoms with Crippen molar-refractivity contribution in [2.45, 2.75) is 44.7 Å². The summed E-state index contributed by atoms with van der Waals surface area (Å²) in [7, 11) is 0. The molecule has 4 heteroatoms. The number of aryl methyl sites for hydroxylation is 1. The van der Waals surface area contributed by atoms with E-state index in [2.05, 4.69) is 11.8 Å². The number of hydrogen-bond acceptors (Lipinski definition) is 2. The van der Waals surface area contributed by atoms with Gasteiger partial charge in [0.1, 0.15) is 5.82 Å². The first-order valence-corrected chi connectivity index (χ1v) is 8.63. The van der Waals surface area contributed by atoms with Crippen LogP contribution >= 0.6 is 11.3 Å². The van der Waals surface area contributed by atoms with E-state index in [1.165, 1.54) is 23.5 Å². The molecule has 0 spiro atoms. The molecule has 1 fully saturated rings. The molecule has 0 saturated carbocycles. The lowest BCUT2D eigenvalue weighted by Crippen LogP contribution is -2.39. The Morgan fingerprint density at radius 1 is 1.27 bits per heavy atom.